The molecule has 0 unspecified atom stereocenters. The molecule has 8 rings (SSSR count). The highest BCUT2D eigenvalue weighted by Crippen LogP contribution is 2.45. The van der Waals surface area contributed by atoms with Gasteiger partial charge in [-0.2, -0.15) is 0 Å². The molecule has 2 saturated carbocycles. The van der Waals surface area contributed by atoms with Gasteiger partial charge in [0.2, 0.25) is 0 Å². The van der Waals surface area contributed by atoms with Crippen molar-refractivity contribution >= 4 is 60.5 Å². The van der Waals surface area contributed by atoms with Gasteiger partial charge >= 0.3 is 0 Å². The monoisotopic (exact) mass is 774 g/mol. The van der Waals surface area contributed by atoms with E-state index >= 15 is 0 Å². The molecule has 52 heavy (non-hydrogen) atoms. The van der Waals surface area contributed by atoms with Gasteiger partial charge in [0.25, 0.3) is 0 Å². The summed E-state index contributed by atoms with van der Waals surface area (Å²) in [5, 5.41) is 33.3. The van der Waals surface area contributed by atoms with E-state index in [4.69, 9.17) is 27.5 Å². The van der Waals surface area contributed by atoms with Crippen LogP contribution in [0.5, 0.6) is 0 Å². The maximum absolute atomic E-state index is 9.70. The second-order valence-corrected chi connectivity index (χ2v) is 19.3. The van der Waals surface area contributed by atoms with Crippen LogP contribution in [0.1, 0.15) is 134 Å². The molecule has 0 aliphatic heterocycles. The summed E-state index contributed by atoms with van der Waals surface area (Å²) >= 11 is 9.81. The lowest BCUT2D eigenvalue weighted by molar-refractivity contribution is 0.123. The maximum atomic E-state index is 9.70. The lowest BCUT2D eigenvalue weighted by Gasteiger charge is -2.30. The first kappa shape index (κ1) is 42.7. The third-order valence-electron chi connectivity index (χ3n) is 10.4. The van der Waals surface area contributed by atoms with Crippen LogP contribution in [-0.2, 0) is 25.7 Å². The molecular weight excluding hydrogens is 712 g/mol. The van der Waals surface area contributed by atoms with Gasteiger partial charge in [0.05, 0.1) is 23.0 Å². The number of aromatic nitrogens is 4. The smallest absolute Gasteiger partial charge is 0.141 e. The molecule has 0 radical (unpaired) electrons. The number of anilines is 1. The highest BCUT2D eigenvalue weighted by Gasteiger charge is 2.31. The van der Waals surface area contributed by atoms with E-state index in [9.17, 15) is 5.11 Å². The van der Waals surface area contributed by atoms with Crippen LogP contribution in [0.25, 0.3) is 20.4 Å². The van der Waals surface area contributed by atoms with E-state index in [1.807, 2.05) is 11.3 Å². The first-order valence-electron chi connectivity index (χ1n) is 18.8. The molecule has 0 spiro atoms. The van der Waals surface area contributed by atoms with Gasteiger partial charge < -0.3 is 26.4 Å². The summed E-state index contributed by atoms with van der Waals surface area (Å²) in [4.78, 5) is 22.6. The minimum Gasteiger partial charge on any atom is -0.394 e. The average Bonchev–Trinajstić information content (AvgIpc) is 3.61. The molecule has 0 atom stereocenters. The lowest BCUT2D eigenvalue weighted by Crippen LogP contribution is -2.28. The molecule has 12 heteroatoms. The van der Waals surface area contributed by atoms with E-state index in [1.165, 1.54) is 45.5 Å². The Bertz CT molecular complexity index is 1710. The van der Waals surface area contributed by atoms with Crippen LogP contribution < -0.4 is 11.1 Å². The van der Waals surface area contributed by atoms with Crippen LogP contribution in [0.2, 0.25) is 5.15 Å². The number of nitrogens with one attached hydrogen (secondary N) is 1. The van der Waals surface area contributed by atoms with Gasteiger partial charge in [0.1, 0.15) is 33.3 Å². The largest absolute Gasteiger partial charge is 0.394 e. The summed E-state index contributed by atoms with van der Waals surface area (Å²) in [7, 11) is 0. The van der Waals surface area contributed by atoms with Gasteiger partial charge in [0.15, 0.2) is 0 Å². The molecule has 290 valence electrons. The molecule has 0 aromatic carbocycles. The number of aliphatic hydroxyl groups excluding tert-OH is 3. The summed E-state index contributed by atoms with van der Waals surface area (Å²) in [6.45, 7) is 12.8. The van der Waals surface area contributed by atoms with E-state index in [1.54, 1.807) is 37.8 Å². The van der Waals surface area contributed by atoms with Gasteiger partial charge in [-0.3, -0.25) is 0 Å². The predicted molar refractivity (Wildman–Crippen MR) is 220 cm³/mol. The topological polar surface area (TPSA) is 150 Å². The molecule has 0 bridgehead atoms. The second kappa shape index (κ2) is 18.6. The highest BCUT2D eigenvalue weighted by atomic mass is 35.5. The number of hydrogen-bond donors (Lipinski definition) is 5. The van der Waals surface area contributed by atoms with Crippen LogP contribution in [0.3, 0.4) is 0 Å². The Kier molecular flexibility index (Phi) is 15.3. The van der Waals surface area contributed by atoms with Crippen molar-refractivity contribution in [1.82, 2.24) is 19.9 Å². The van der Waals surface area contributed by atoms with E-state index in [0.29, 0.717) is 28.1 Å². The second-order valence-electron chi connectivity index (χ2n) is 16.7. The standard InChI is InChI=1S/C18H25N3OS.C12H13ClN2S.C6H13NO.C3H8O.CH4/c1-18(2)8-7-14-13(9-18)15-16(19-10-20-17(15)23-14)21-11-3-5-12(22)6-4-11;1-12(2)4-3-8-7(5-12)9-10(13)14-6-15-11(9)16-8;7-5-1-3-6(8)4-2-5;1-3(2)4;/h10-12,22H,3-9H2,1-2H3,(H,19,20,21);6H,3-5H2,1-2H3;5-6,8H,1-4,7H2;3-4H,1-2H3;1H4. The third kappa shape index (κ3) is 11.5. The zero-order valence-electron chi connectivity index (χ0n) is 31.3. The van der Waals surface area contributed by atoms with Crippen LogP contribution >= 0.6 is 34.3 Å². The quantitative estimate of drug-likeness (QED) is 0.126. The zero-order chi connectivity index (χ0) is 36.9. The Labute approximate surface area is 324 Å². The van der Waals surface area contributed by atoms with Crippen LogP contribution in [0.4, 0.5) is 5.82 Å². The Morgan fingerprint density at radius 2 is 1.19 bits per heavy atom. The Balaban J connectivity index is 0.000000180. The van der Waals surface area contributed by atoms with Gasteiger partial charge in [-0.15, -0.1) is 22.7 Å². The van der Waals surface area contributed by atoms with Crippen molar-refractivity contribution in [3.05, 3.63) is 38.7 Å². The molecule has 4 aliphatic carbocycles. The van der Waals surface area contributed by atoms with Crippen molar-refractivity contribution < 1.29 is 15.3 Å². The Morgan fingerprint density at radius 3 is 1.69 bits per heavy atom. The summed E-state index contributed by atoms with van der Waals surface area (Å²) < 4.78 is 0. The highest BCUT2D eigenvalue weighted by molar-refractivity contribution is 7.19. The van der Waals surface area contributed by atoms with E-state index in [-0.39, 0.29) is 25.7 Å². The molecule has 2 fully saturated rings. The molecule has 4 heterocycles. The molecule has 0 amide bonds. The lowest BCUT2D eigenvalue weighted by atomic mass is 9.76. The van der Waals surface area contributed by atoms with Crippen molar-refractivity contribution in [2.75, 3.05) is 5.32 Å². The summed E-state index contributed by atoms with van der Waals surface area (Å²) in [5.41, 5.74) is 9.19. The molecule has 9 nitrogen and oxygen atoms in total. The van der Waals surface area contributed by atoms with Gasteiger partial charge in [-0.25, -0.2) is 19.9 Å². The number of thiophene rings is 2. The molecule has 0 saturated heterocycles. The Morgan fingerprint density at radius 1 is 0.750 bits per heavy atom. The van der Waals surface area contributed by atoms with Crippen molar-refractivity contribution in [3.63, 3.8) is 0 Å². The Hall–Kier alpha value is -1.99. The van der Waals surface area contributed by atoms with Gasteiger partial charge in [-0.1, -0.05) is 46.7 Å². The first-order chi connectivity index (χ1) is 24.1. The number of aliphatic hydroxyl groups is 3. The SMILES string of the molecule is C.CC(C)O.CC1(C)CCc2sc3ncnc(Cl)c3c2C1.CC1(C)CCc2sc3ncnc(NC4CCC(O)CC4)c3c2C1.NC1CCC(O)CC1. The van der Waals surface area contributed by atoms with Crippen LogP contribution in [0.15, 0.2) is 12.7 Å². The van der Waals surface area contributed by atoms with Gasteiger partial charge in [-0.05, 0) is 126 Å². The number of nitrogens with zero attached hydrogens (tertiary/aromatic N) is 4. The maximum Gasteiger partial charge on any atom is 0.141 e. The van der Waals surface area contributed by atoms with Crippen molar-refractivity contribution in [1.29, 1.82) is 0 Å². The molecule has 6 N–H and O–H groups in total. The van der Waals surface area contributed by atoms with Crippen molar-refractivity contribution in [2.45, 2.75) is 169 Å². The third-order valence-corrected chi connectivity index (χ3v) is 13.1. The number of hydrogen-bond acceptors (Lipinski definition) is 11. The summed E-state index contributed by atoms with van der Waals surface area (Å²) in [5.74, 6) is 1.01. The molecular formula is C40H63ClN6O3S2. The number of halogens is 1. The fourth-order valence-electron chi connectivity index (χ4n) is 7.47. The van der Waals surface area contributed by atoms with Crippen LogP contribution in [0, 0.1) is 10.8 Å². The van der Waals surface area contributed by atoms with Crippen molar-refractivity contribution in [3.8, 4) is 0 Å². The molecule has 4 aromatic heterocycles. The number of fused-ring (bicyclic) bond motifs is 6. The minimum absolute atomic E-state index is 0. The molecule has 4 aliphatic rings. The predicted octanol–water partition coefficient (Wildman–Crippen LogP) is 9.05. The number of nitrogens with two attached hydrogens (primary N) is 1. The first-order valence-corrected chi connectivity index (χ1v) is 20.8. The molecule has 4 aromatic rings. The van der Waals surface area contributed by atoms with E-state index < -0.39 is 0 Å². The fraction of sp³-hybridized carbons (Fsp3) is 0.700. The average molecular weight is 776 g/mol. The zero-order valence-corrected chi connectivity index (χ0v) is 33.7. The summed E-state index contributed by atoms with van der Waals surface area (Å²) in [6, 6.07) is 0.780. The fourth-order valence-corrected chi connectivity index (χ4v) is 10.1. The van der Waals surface area contributed by atoms with Crippen LogP contribution in [-0.4, -0.2) is 65.7 Å². The number of aryl methyl sites for hydroxylation is 2. The van der Waals surface area contributed by atoms with Crippen molar-refractivity contribution in [2.24, 2.45) is 16.6 Å². The van der Waals surface area contributed by atoms with Gasteiger partial charge in [0, 0.05) is 27.9 Å². The minimum atomic E-state index is -0.167. The van der Waals surface area contributed by atoms with E-state index in [0.717, 1.165) is 91.5 Å². The normalized spacial score (nSPS) is 24.5. The summed E-state index contributed by atoms with van der Waals surface area (Å²) in [6.07, 6.45) is 17.6. The number of rotatable bonds is 2. The van der Waals surface area contributed by atoms with E-state index in [2.05, 4.69) is 52.9 Å².